The number of aromatic amines is 1. The van der Waals surface area contributed by atoms with Crippen molar-refractivity contribution in [3.8, 4) is 0 Å². The minimum absolute atomic E-state index is 0.0539. The van der Waals surface area contributed by atoms with Crippen LogP contribution in [0.5, 0.6) is 0 Å². The van der Waals surface area contributed by atoms with Crippen LogP contribution in [0.3, 0.4) is 0 Å². The Morgan fingerprint density at radius 1 is 0.941 bits per heavy atom. The summed E-state index contributed by atoms with van der Waals surface area (Å²) in [5, 5.41) is 3.31. The van der Waals surface area contributed by atoms with Crippen molar-refractivity contribution < 1.29 is 4.79 Å². The van der Waals surface area contributed by atoms with E-state index >= 15 is 0 Å². The Bertz CT molecular complexity index is 1340. The number of benzene rings is 2. The zero-order valence-corrected chi connectivity index (χ0v) is 18.9. The summed E-state index contributed by atoms with van der Waals surface area (Å²) < 4.78 is 0. The molecule has 2 amide bonds. The second-order valence-corrected chi connectivity index (χ2v) is 8.94. The van der Waals surface area contributed by atoms with Crippen molar-refractivity contribution in [1.29, 1.82) is 0 Å². The number of aromatic nitrogens is 1. The van der Waals surface area contributed by atoms with Crippen LogP contribution in [-0.2, 0) is 6.42 Å². The quantitative estimate of drug-likeness (QED) is 0.469. The monoisotopic (exact) mass is 445 g/mol. The molecule has 0 bridgehead atoms. The summed E-state index contributed by atoms with van der Waals surface area (Å²) >= 11 is 0. The molecule has 1 aromatic heterocycles. The van der Waals surface area contributed by atoms with Crippen LogP contribution < -0.4 is 5.32 Å². The molecule has 2 aromatic carbocycles. The van der Waals surface area contributed by atoms with Crippen LogP contribution in [0.1, 0.15) is 57.7 Å². The SMILES string of the molecule is O=C(NC1C=CC=Cc2ccccc21)N1CCc2c([nH]c3c2C=CCC=C3)C1c1ccccc1. The molecule has 0 fully saturated rings. The number of hydrogen-bond donors (Lipinski definition) is 2. The van der Waals surface area contributed by atoms with E-state index in [1.165, 1.54) is 11.1 Å². The molecule has 6 rings (SSSR count). The van der Waals surface area contributed by atoms with Crippen LogP contribution >= 0.6 is 0 Å². The van der Waals surface area contributed by atoms with Gasteiger partial charge in [0.15, 0.2) is 0 Å². The molecule has 4 heteroatoms. The minimum Gasteiger partial charge on any atom is -0.356 e. The van der Waals surface area contributed by atoms with E-state index in [0.29, 0.717) is 6.54 Å². The van der Waals surface area contributed by atoms with Gasteiger partial charge in [-0.2, -0.15) is 0 Å². The lowest BCUT2D eigenvalue weighted by atomic mass is 9.91. The molecule has 0 radical (unpaired) electrons. The topological polar surface area (TPSA) is 48.1 Å². The van der Waals surface area contributed by atoms with Gasteiger partial charge in [-0.3, -0.25) is 0 Å². The van der Waals surface area contributed by atoms with Gasteiger partial charge in [-0.1, -0.05) is 97.1 Å². The van der Waals surface area contributed by atoms with E-state index in [0.717, 1.165) is 40.9 Å². The van der Waals surface area contributed by atoms with E-state index in [1.807, 2.05) is 47.4 Å². The van der Waals surface area contributed by atoms with Gasteiger partial charge in [-0.25, -0.2) is 4.79 Å². The first-order chi connectivity index (χ1) is 16.8. The normalized spacial score (nSPS) is 20.2. The van der Waals surface area contributed by atoms with Gasteiger partial charge >= 0.3 is 6.03 Å². The first kappa shape index (κ1) is 20.5. The van der Waals surface area contributed by atoms with Crippen LogP contribution in [-0.4, -0.2) is 22.5 Å². The first-order valence-electron chi connectivity index (χ1n) is 11.9. The summed E-state index contributed by atoms with van der Waals surface area (Å²) in [6.07, 6.45) is 18.7. The Kier molecular flexibility index (Phi) is 5.27. The van der Waals surface area contributed by atoms with Crippen LogP contribution in [0, 0.1) is 0 Å². The maximum absolute atomic E-state index is 13.8. The van der Waals surface area contributed by atoms with Gasteiger partial charge in [0.2, 0.25) is 0 Å². The molecule has 34 heavy (non-hydrogen) atoms. The molecular formula is C30H27N3O. The molecule has 2 atom stereocenters. The molecule has 0 saturated heterocycles. The Balaban J connectivity index is 1.37. The summed E-state index contributed by atoms with van der Waals surface area (Å²) in [7, 11) is 0. The number of carbonyl (C=O) groups is 1. The van der Waals surface area contributed by atoms with Gasteiger partial charge in [0.1, 0.15) is 0 Å². The Hall–Kier alpha value is -4.05. The van der Waals surface area contributed by atoms with Crippen molar-refractivity contribution >= 4 is 24.3 Å². The molecule has 3 aliphatic rings. The highest BCUT2D eigenvalue weighted by atomic mass is 16.2. The van der Waals surface area contributed by atoms with E-state index in [1.54, 1.807) is 0 Å². The summed E-state index contributed by atoms with van der Waals surface area (Å²) in [5.41, 5.74) is 8.18. The smallest absolute Gasteiger partial charge is 0.318 e. The fourth-order valence-corrected chi connectivity index (χ4v) is 5.31. The number of fused-ring (bicyclic) bond motifs is 4. The van der Waals surface area contributed by atoms with Crippen LogP contribution in [0.2, 0.25) is 0 Å². The van der Waals surface area contributed by atoms with E-state index in [-0.39, 0.29) is 18.1 Å². The van der Waals surface area contributed by atoms with Crippen molar-refractivity contribution in [2.45, 2.75) is 24.9 Å². The Labute approximate surface area is 200 Å². The number of H-pyrrole nitrogens is 1. The number of nitrogens with zero attached hydrogens (tertiary/aromatic N) is 1. The molecule has 0 spiro atoms. The first-order valence-corrected chi connectivity index (χ1v) is 11.9. The fourth-order valence-electron chi connectivity index (χ4n) is 5.31. The summed E-state index contributed by atoms with van der Waals surface area (Å²) in [6.45, 7) is 0.663. The third-order valence-electron chi connectivity index (χ3n) is 6.92. The van der Waals surface area contributed by atoms with Crippen molar-refractivity contribution in [3.63, 3.8) is 0 Å². The number of urea groups is 1. The van der Waals surface area contributed by atoms with Gasteiger partial charge in [-0.15, -0.1) is 0 Å². The third kappa shape index (κ3) is 3.61. The number of nitrogens with one attached hydrogen (secondary N) is 2. The Morgan fingerprint density at radius 2 is 1.76 bits per heavy atom. The second-order valence-electron chi connectivity index (χ2n) is 8.94. The van der Waals surface area contributed by atoms with Gasteiger partial charge in [0.25, 0.3) is 0 Å². The molecule has 3 aromatic rings. The molecule has 1 aliphatic heterocycles. The summed E-state index contributed by atoms with van der Waals surface area (Å²) in [6, 6.07) is 18.2. The molecule has 0 saturated carbocycles. The van der Waals surface area contributed by atoms with E-state index in [4.69, 9.17) is 0 Å². The average Bonchev–Trinajstić information content (AvgIpc) is 3.01. The van der Waals surface area contributed by atoms with Crippen LogP contribution in [0.25, 0.3) is 18.2 Å². The number of rotatable bonds is 2. The Morgan fingerprint density at radius 3 is 2.68 bits per heavy atom. The number of hydrogen-bond acceptors (Lipinski definition) is 1. The van der Waals surface area contributed by atoms with E-state index in [9.17, 15) is 4.79 Å². The minimum atomic E-state index is -0.178. The number of carbonyl (C=O) groups excluding carboxylic acids is 1. The van der Waals surface area contributed by atoms with Gasteiger partial charge in [0, 0.05) is 23.5 Å². The average molecular weight is 446 g/mol. The van der Waals surface area contributed by atoms with Crippen LogP contribution in [0.15, 0.2) is 85.0 Å². The van der Waals surface area contributed by atoms with Gasteiger partial charge < -0.3 is 15.2 Å². The zero-order valence-electron chi connectivity index (χ0n) is 18.9. The van der Waals surface area contributed by atoms with E-state index < -0.39 is 0 Å². The lowest BCUT2D eigenvalue weighted by Crippen LogP contribution is -2.47. The predicted octanol–water partition coefficient (Wildman–Crippen LogP) is 6.43. The lowest BCUT2D eigenvalue weighted by molar-refractivity contribution is 0.177. The lowest BCUT2D eigenvalue weighted by Gasteiger charge is -2.37. The largest absolute Gasteiger partial charge is 0.356 e. The maximum atomic E-state index is 13.8. The maximum Gasteiger partial charge on any atom is 0.318 e. The van der Waals surface area contributed by atoms with Gasteiger partial charge in [-0.05, 0) is 41.2 Å². The molecular weight excluding hydrogens is 418 g/mol. The molecule has 2 aliphatic carbocycles. The highest BCUT2D eigenvalue weighted by molar-refractivity contribution is 5.78. The molecule has 2 heterocycles. The van der Waals surface area contributed by atoms with E-state index in [2.05, 4.69) is 71.0 Å². The highest BCUT2D eigenvalue weighted by Crippen LogP contribution is 2.39. The molecule has 4 nitrogen and oxygen atoms in total. The molecule has 2 N–H and O–H groups in total. The fraction of sp³-hybridized carbons (Fsp3) is 0.167. The van der Waals surface area contributed by atoms with Gasteiger partial charge in [0.05, 0.1) is 12.1 Å². The van der Waals surface area contributed by atoms with Crippen molar-refractivity contribution in [1.82, 2.24) is 15.2 Å². The number of allylic oxidation sites excluding steroid dienone is 4. The summed E-state index contributed by atoms with van der Waals surface area (Å²) in [5.74, 6) is 0. The molecule has 168 valence electrons. The third-order valence-corrected chi connectivity index (χ3v) is 6.92. The predicted molar refractivity (Wildman–Crippen MR) is 138 cm³/mol. The van der Waals surface area contributed by atoms with Crippen molar-refractivity contribution in [3.05, 3.63) is 124 Å². The van der Waals surface area contributed by atoms with Crippen LogP contribution in [0.4, 0.5) is 4.79 Å². The molecule has 2 unspecified atom stereocenters. The zero-order chi connectivity index (χ0) is 22.9. The number of amides is 2. The van der Waals surface area contributed by atoms with Crippen molar-refractivity contribution in [2.24, 2.45) is 0 Å². The van der Waals surface area contributed by atoms with Crippen molar-refractivity contribution in [2.75, 3.05) is 6.54 Å². The standard InChI is InChI=1S/C30H27N3O/c34-30(32-26-18-10-8-12-21-11-7-9-15-23(21)26)33-20-19-25-24-16-5-2-6-17-27(24)31-28(25)29(33)22-13-3-1-4-14-22/h1,3-18,26,29,31H,2,19-20H2,(H,32,34). The highest BCUT2D eigenvalue weighted by Gasteiger charge is 2.36. The summed E-state index contributed by atoms with van der Waals surface area (Å²) in [4.78, 5) is 19.5. The second kappa shape index (κ2) is 8.71.